The van der Waals surface area contributed by atoms with Crippen LogP contribution in [0.3, 0.4) is 0 Å². The molecular formula is C17H19N5O3S. The third-order valence-electron chi connectivity index (χ3n) is 3.61. The second-order valence-electron chi connectivity index (χ2n) is 5.67. The molecule has 1 heterocycles. The smallest absolute Gasteiger partial charge is 0.240 e. The van der Waals surface area contributed by atoms with Gasteiger partial charge in [-0.15, -0.1) is 5.10 Å². The number of nitrogens with zero attached hydrogens (tertiary/aromatic N) is 4. The number of aryl methyl sites for hydroxylation is 1. The molecule has 2 aromatic carbocycles. The third kappa shape index (κ3) is 4.64. The number of tetrazole rings is 1. The second-order valence-corrected chi connectivity index (χ2v) is 7.44. The van der Waals surface area contributed by atoms with Crippen LogP contribution in [0.2, 0.25) is 0 Å². The lowest BCUT2D eigenvalue weighted by atomic mass is 10.2. The van der Waals surface area contributed by atoms with E-state index in [0.29, 0.717) is 18.7 Å². The van der Waals surface area contributed by atoms with Gasteiger partial charge < -0.3 is 4.74 Å². The van der Waals surface area contributed by atoms with E-state index >= 15 is 0 Å². The number of rotatable bonds is 8. The van der Waals surface area contributed by atoms with Gasteiger partial charge >= 0.3 is 0 Å². The molecule has 0 atom stereocenters. The van der Waals surface area contributed by atoms with E-state index in [0.717, 1.165) is 11.3 Å². The first-order chi connectivity index (χ1) is 12.5. The van der Waals surface area contributed by atoms with Crippen molar-refractivity contribution in [1.29, 1.82) is 0 Å². The SMILES string of the molecule is Cc1cccc(OCCCNS(=O)(=O)c2cccc(-n3cnnn3)c2)c1. The second kappa shape index (κ2) is 8.07. The van der Waals surface area contributed by atoms with E-state index < -0.39 is 10.0 Å². The number of hydrogen-bond acceptors (Lipinski definition) is 6. The highest BCUT2D eigenvalue weighted by Crippen LogP contribution is 2.14. The molecule has 3 rings (SSSR count). The van der Waals surface area contributed by atoms with Gasteiger partial charge in [0.05, 0.1) is 17.2 Å². The van der Waals surface area contributed by atoms with Gasteiger partial charge in [0.2, 0.25) is 10.0 Å². The van der Waals surface area contributed by atoms with E-state index in [1.807, 2.05) is 31.2 Å². The summed E-state index contributed by atoms with van der Waals surface area (Å²) >= 11 is 0. The van der Waals surface area contributed by atoms with Crippen LogP contribution in [0, 0.1) is 6.92 Å². The maximum atomic E-state index is 12.4. The summed E-state index contributed by atoms with van der Waals surface area (Å²) < 4.78 is 34.4. The minimum atomic E-state index is -3.61. The monoisotopic (exact) mass is 373 g/mol. The van der Waals surface area contributed by atoms with Crippen LogP contribution in [0.15, 0.2) is 59.8 Å². The van der Waals surface area contributed by atoms with Crippen molar-refractivity contribution in [3.8, 4) is 11.4 Å². The van der Waals surface area contributed by atoms with Crippen molar-refractivity contribution in [3.63, 3.8) is 0 Å². The predicted molar refractivity (Wildman–Crippen MR) is 95.6 cm³/mol. The summed E-state index contributed by atoms with van der Waals surface area (Å²) in [6.45, 7) is 2.70. The average Bonchev–Trinajstić information content (AvgIpc) is 3.16. The summed E-state index contributed by atoms with van der Waals surface area (Å²) in [5.41, 5.74) is 1.69. The van der Waals surface area contributed by atoms with Crippen LogP contribution >= 0.6 is 0 Å². The molecule has 0 amide bonds. The molecule has 0 radical (unpaired) electrons. The molecule has 0 aliphatic rings. The zero-order valence-electron chi connectivity index (χ0n) is 14.2. The first-order valence-corrected chi connectivity index (χ1v) is 9.55. The Labute approximate surface area is 151 Å². The molecule has 0 unspecified atom stereocenters. The number of nitrogens with one attached hydrogen (secondary N) is 1. The minimum absolute atomic E-state index is 0.158. The number of aromatic nitrogens is 4. The van der Waals surface area contributed by atoms with Crippen LogP contribution in [-0.4, -0.2) is 41.8 Å². The lowest BCUT2D eigenvalue weighted by molar-refractivity contribution is 0.311. The van der Waals surface area contributed by atoms with Gasteiger partial charge in [-0.3, -0.25) is 0 Å². The Kier molecular flexibility index (Phi) is 5.59. The fraction of sp³-hybridized carbons (Fsp3) is 0.235. The van der Waals surface area contributed by atoms with Crippen molar-refractivity contribution in [2.75, 3.05) is 13.2 Å². The van der Waals surface area contributed by atoms with E-state index in [1.54, 1.807) is 12.1 Å². The van der Waals surface area contributed by atoms with Crippen LogP contribution in [0.1, 0.15) is 12.0 Å². The highest BCUT2D eigenvalue weighted by molar-refractivity contribution is 7.89. The molecule has 0 saturated heterocycles. The summed E-state index contributed by atoms with van der Waals surface area (Å²) in [5, 5.41) is 10.8. The number of hydrogen-bond donors (Lipinski definition) is 1. The molecule has 9 heteroatoms. The van der Waals surface area contributed by atoms with Gasteiger partial charge in [-0.25, -0.2) is 17.8 Å². The van der Waals surface area contributed by atoms with Gasteiger partial charge in [-0.2, -0.15) is 0 Å². The van der Waals surface area contributed by atoms with E-state index in [-0.39, 0.29) is 11.4 Å². The molecule has 0 aliphatic heterocycles. The quantitative estimate of drug-likeness (QED) is 0.604. The van der Waals surface area contributed by atoms with Gasteiger partial charge in [0.25, 0.3) is 0 Å². The molecular weight excluding hydrogens is 354 g/mol. The van der Waals surface area contributed by atoms with Crippen LogP contribution in [-0.2, 0) is 10.0 Å². The number of benzene rings is 2. The molecule has 3 aromatic rings. The Bertz CT molecular complexity index is 958. The lowest BCUT2D eigenvalue weighted by Crippen LogP contribution is -2.26. The Morgan fingerprint density at radius 2 is 2.00 bits per heavy atom. The summed E-state index contributed by atoms with van der Waals surface area (Å²) in [4.78, 5) is 0.158. The summed E-state index contributed by atoms with van der Waals surface area (Å²) in [6.07, 6.45) is 1.96. The fourth-order valence-electron chi connectivity index (χ4n) is 2.33. The van der Waals surface area contributed by atoms with E-state index in [4.69, 9.17) is 4.74 Å². The number of sulfonamides is 1. The van der Waals surface area contributed by atoms with Crippen LogP contribution in [0.4, 0.5) is 0 Å². The predicted octanol–water partition coefficient (Wildman–Crippen LogP) is 1.72. The van der Waals surface area contributed by atoms with Crippen molar-refractivity contribution < 1.29 is 13.2 Å². The molecule has 0 spiro atoms. The summed E-state index contributed by atoms with van der Waals surface area (Å²) in [6, 6.07) is 14.1. The Balaban J connectivity index is 1.53. The van der Waals surface area contributed by atoms with Gasteiger partial charge in [0, 0.05) is 6.54 Å². The van der Waals surface area contributed by atoms with Gasteiger partial charge in [-0.1, -0.05) is 18.2 Å². The first kappa shape index (κ1) is 18.0. The molecule has 1 N–H and O–H groups in total. The molecule has 26 heavy (non-hydrogen) atoms. The van der Waals surface area contributed by atoms with Crippen LogP contribution in [0.5, 0.6) is 5.75 Å². The topological polar surface area (TPSA) is 99.0 Å². The zero-order chi connectivity index (χ0) is 18.4. The van der Waals surface area contributed by atoms with Crippen LogP contribution < -0.4 is 9.46 Å². The molecule has 0 aliphatic carbocycles. The van der Waals surface area contributed by atoms with E-state index in [2.05, 4.69) is 20.2 Å². The normalized spacial score (nSPS) is 11.4. The van der Waals surface area contributed by atoms with Gasteiger partial charge in [0.1, 0.15) is 12.1 Å². The standard InChI is InChI=1S/C17H19N5O3S/c1-14-5-2-7-16(11-14)25-10-4-9-19-26(23,24)17-8-3-6-15(12-17)22-13-18-20-21-22/h2-3,5-8,11-13,19H,4,9-10H2,1H3. The van der Waals surface area contributed by atoms with E-state index in [1.165, 1.54) is 23.1 Å². The average molecular weight is 373 g/mol. The van der Waals surface area contributed by atoms with Gasteiger partial charge in [0.15, 0.2) is 0 Å². The maximum Gasteiger partial charge on any atom is 0.240 e. The Morgan fingerprint density at radius 1 is 1.15 bits per heavy atom. The van der Waals surface area contributed by atoms with E-state index in [9.17, 15) is 8.42 Å². The maximum absolute atomic E-state index is 12.4. The highest BCUT2D eigenvalue weighted by Gasteiger charge is 2.14. The molecule has 0 bridgehead atoms. The molecule has 0 saturated carbocycles. The summed E-state index contributed by atoms with van der Waals surface area (Å²) in [7, 11) is -3.61. The largest absolute Gasteiger partial charge is 0.494 e. The third-order valence-corrected chi connectivity index (χ3v) is 5.07. The van der Waals surface area contributed by atoms with Crippen LogP contribution in [0.25, 0.3) is 5.69 Å². The van der Waals surface area contributed by atoms with Crippen molar-refractivity contribution in [2.24, 2.45) is 0 Å². The molecule has 8 nitrogen and oxygen atoms in total. The fourth-order valence-corrected chi connectivity index (χ4v) is 3.44. The highest BCUT2D eigenvalue weighted by atomic mass is 32.2. The Hall–Kier alpha value is -2.78. The van der Waals surface area contributed by atoms with Crippen molar-refractivity contribution >= 4 is 10.0 Å². The minimum Gasteiger partial charge on any atom is -0.494 e. The summed E-state index contributed by atoms with van der Waals surface area (Å²) in [5.74, 6) is 0.780. The zero-order valence-corrected chi connectivity index (χ0v) is 15.1. The molecule has 0 fully saturated rings. The Morgan fingerprint density at radius 3 is 2.77 bits per heavy atom. The van der Waals surface area contributed by atoms with Crippen molar-refractivity contribution in [2.45, 2.75) is 18.2 Å². The number of ether oxygens (including phenoxy) is 1. The first-order valence-electron chi connectivity index (χ1n) is 8.07. The molecule has 136 valence electrons. The lowest BCUT2D eigenvalue weighted by Gasteiger charge is -2.09. The molecule has 1 aromatic heterocycles. The van der Waals surface area contributed by atoms with Gasteiger partial charge in [-0.05, 0) is 59.7 Å². The van der Waals surface area contributed by atoms with Crippen molar-refractivity contribution in [1.82, 2.24) is 24.9 Å². The van der Waals surface area contributed by atoms with Crippen molar-refractivity contribution in [3.05, 3.63) is 60.4 Å².